The highest BCUT2D eigenvalue weighted by Gasteiger charge is 2.19. The van der Waals surface area contributed by atoms with Gasteiger partial charge in [-0.1, -0.05) is 56.3 Å². The summed E-state index contributed by atoms with van der Waals surface area (Å²) in [5, 5.41) is 3.45. The van der Waals surface area contributed by atoms with E-state index in [0.29, 0.717) is 17.4 Å². The molecule has 7 heteroatoms. The van der Waals surface area contributed by atoms with E-state index in [2.05, 4.69) is 36.2 Å². The van der Waals surface area contributed by atoms with Crippen LogP contribution in [-0.2, 0) is 24.3 Å². The summed E-state index contributed by atoms with van der Waals surface area (Å²) in [6.45, 7) is 8.35. The molecule has 2 aromatic carbocycles. The first kappa shape index (κ1) is 23.5. The van der Waals surface area contributed by atoms with E-state index in [-0.39, 0.29) is 30.6 Å². The van der Waals surface area contributed by atoms with Crippen molar-refractivity contribution in [3.63, 3.8) is 0 Å². The highest BCUT2D eigenvalue weighted by molar-refractivity contribution is 5.81. The Hall–Kier alpha value is -3.19. The lowest BCUT2D eigenvalue weighted by atomic mass is 10.0. The fraction of sp³-hybridized carbons (Fsp3) is 0.400. The van der Waals surface area contributed by atoms with Gasteiger partial charge in [0.05, 0.1) is 10.9 Å². The molecule has 0 fully saturated rings. The van der Waals surface area contributed by atoms with Crippen LogP contribution < -0.4 is 16.6 Å². The Bertz CT molecular complexity index is 1160. The molecule has 1 atom stereocenters. The van der Waals surface area contributed by atoms with Crippen molar-refractivity contribution < 1.29 is 4.79 Å². The number of para-hydroxylation sites is 1. The van der Waals surface area contributed by atoms with Crippen molar-refractivity contribution in [2.75, 3.05) is 19.6 Å². The van der Waals surface area contributed by atoms with Gasteiger partial charge in [0.25, 0.3) is 5.56 Å². The maximum atomic E-state index is 12.9. The number of fused-ring (bicyclic) bond motifs is 1. The molecule has 0 spiro atoms. The summed E-state index contributed by atoms with van der Waals surface area (Å²) >= 11 is 0. The van der Waals surface area contributed by atoms with Gasteiger partial charge in [-0.05, 0) is 44.1 Å². The number of nitrogens with one attached hydrogen (secondary N) is 1. The number of nitrogens with zero attached hydrogens (tertiary/aromatic N) is 3. The summed E-state index contributed by atoms with van der Waals surface area (Å²) in [7, 11) is 0. The molecular formula is C25H32N4O3. The fourth-order valence-electron chi connectivity index (χ4n) is 4.19. The number of likely N-dealkylation sites (N-methyl/N-ethyl adjacent to an activating group) is 1. The Balaban J connectivity index is 1.80. The molecule has 3 rings (SSSR count). The van der Waals surface area contributed by atoms with Crippen LogP contribution in [0.2, 0.25) is 0 Å². The summed E-state index contributed by atoms with van der Waals surface area (Å²) in [6, 6.07) is 17.3. The van der Waals surface area contributed by atoms with Gasteiger partial charge < -0.3 is 5.32 Å². The number of aromatic nitrogens is 2. The van der Waals surface area contributed by atoms with Crippen LogP contribution in [0.15, 0.2) is 64.2 Å². The van der Waals surface area contributed by atoms with Gasteiger partial charge in [0.1, 0.15) is 6.54 Å². The molecule has 0 bridgehead atoms. The van der Waals surface area contributed by atoms with Crippen LogP contribution >= 0.6 is 0 Å². The van der Waals surface area contributed by atoms with Crippen molar-refractivity contribution in [2.45, 2.75) is 46.3 Å². The normalized spacial score (nSPS) is 12.2. The lowest BCUT2D eigenvalue weighted by Gasteiger charge is -2.30. The average Bonchev–Trinajstić information content (AvgIpc) is 2.82. The molecule has 1 amide bonds. The maximum Gasteiger partial charge on any atom is 0.331 e. The number of hydrogen-bond donors (Lipinski definition) is 1. The summed E-state index contributed by atoms with van der Waals surface area (Å²) in [5.74, 6) is -0.247. The van der Waals surface area contributed by atoms with Gasteiger partial charge in [-0.25, -0.2) is 4.79 Å². The van der Waals surface area contributed by atoms with Crippen molar-refractivity contribution in [1.29, 1.82) is 0 Å². The van der Waals surface area contributed by atoms with E-state index >= 15 is 0 Å². The van der Waals surface area contributed by atoms with Crippen LogP contribution in [0.1, 0.15) is 26.3 Å². The smallest absolute Gasteiger partial charge is 0.331 e. The maximum absolute atomic E-state index is 12.9. The quantitative estimate of drug-likeness (QED) is 0.529. The second-order valence-corrected chi connectivity index (χ2v) is 7.80. The SMILES string of the molecule is CCN(CC)C(CNC(=O)Cn1c(=O)n(CC)c(=O)c2ccccc21)Cc1ccccc1. The lowest BCUT2D eigenvalue weighted by Crippen LogP contribution is -2.47. The second kappa shape index (κ2) is 10.9. The predicted octanol–water partition coefficient (Wildman–Crippen LogP) is 2.25. The van der Waals surface area contributed by atoms with Gasteiger partial charge >= 0.3 is 5.69 Å². The third-order valence-electron chi connectivity index (χ3n) is 5.93. The zero-order chi connectivity index (χ0) is 23.1. The number of carbonyl (C=O) groups excluding carboxylic acids is 1. The second-order valence-electron chi connectivity index (χ2n) is 7.80. The molecule has 0 aliphatic heterocycles. The topological polar surface area (TPSA) is 76.3 Å². The van der Waals surface area contributed by atoms with Gasteiger partial charge in [0.15, 0.2) is 0 Å². The first-order chi connectivity index (χ1) is 15.5. The molecule has 0 aliphatic rings. The first-order valence-corrected chi connectivity index (χ1v) is 11.3. The summed E-state index contributed by atoms with van der Waals surface area (Å²) in [4.78, 5) is 40.7. The minimum absolute atomic E-state index is 0.129. The molecule has 3 aromatic rings. The Morgan fingerprint density at radius 1 is 0.938 bits per heavy atom. The largest absolute Gasteiger partial charge is 0.353 e. The number of hydrogen-bond acceptors (Lipinski definition) is 4. The standard InChI is InChI=1S/C25H32N4O3/c1-4-27(5-2)20(16-19-12-8-7-9-13-19)17-26-23(30)18-29-22-15-11-10-14-21(22)24(31)28(6-3)25(29)32/h7-15,20H,4-6,16-18H2,1-3H3,(H,26,30). The van der Waals surface area contributed by atoms with E-state index < -0.39 is 5.69 Å². The van der Waals surface area contributed by atoms with Crippen LogP contribution in [0.4, 0.5) is 0 Å². The van der Waals surface area contributed by atoms with Crippen molar-refractivity contribution in [3.05, 3.63) is 81.0 Å². The van der Waals surface area contributed by atoms with E-state index in [0.717, 1.165) is 19.5 Å². The number of rotatable bonds is 10. The minimum Gasteiger partial charge on any atom is -0.353 e. The van der Waals surface area contributed by atoms with Crippen LogP contribution in [-0.4, -0.2) is 45.6 Å². The van der Waals surface area contributed by atoms with Crippen molar-refractivity contribution in [2.24, 2.45) is 0 Å². The molecule has 0 saturated carbocycles. The van der Waals surface area contributed by atoms with Crippen molar-refractivity contribution in [3.8, 4) is 0 Å². The van der Waals surface area contributed by atoms with Crippen LogP contribution in [0.3, 0.4) is 0 Å². The van der Waals surface area contributed by atoms with Gasteiger partial charge in [-0.3, -0.25) is 23.6 Å². The van der Waals surface area contributed by atoms with E-state index in [4.69, 9.17) is 0 Å². The summed E-state index contributed by atoms with van der Waals surface area (Å²) < 4.78 is 2.56. The minimum atomic E-state index is -0.462. The Kier molecular flexibility index (Phi) is 8.00. The van der Waals surface area contributed by atoms with Gasteiger partial charge in [-0.2, -0.15) is 0 Å². The average molecular weight is 437 g/mol. The van der Waals surface area contributed by atoms with Crippen molar-refractivity contribution >= 4 is 16.8 Å². The number of carbonyl (C=O) groups is 1. The van der Waals surface area contributed by atoms with Gasteiger partial charge in [-0.15, -0.1) is 0 Å². The van der Waals surface area contributed by atoms with Crippen LogP contribution in [0, 0.1) is 0 Å². The van der Waals surface area contributed by atoms with E-state index in [9.17, 15) is 14.4 Å². The molecule has 1 heterocycles. The molecule has 0 aliphatic carbocycles. The van der Waals surface area contributed by atoms with E-state index in [1.54, 1.807) is 31.2 Å². The molecular weight excluding hydrogens is 404 g/mol. The van der Waals surface area contributed by atoms with Gasteiger partial charge in [0.2, 0.25) is 5.91 Å². The van der Waals surface area contributed by atoms with Crippen LogP contribution in [0.25, 0.3) is 10.9 Å². The van der Waals surface area contributed by atoms with Crippen LogP contribution in [0.5, 0.6) is 0 Å². The molecule has 1 aromatic heterocycles. The molecule has 0 radical (unpaired) electrons. The third kappa shape index (κ3) is 5.16. The number of amides is 1. The van der Waals surface area contributed by atoms with Crippen molar-refractivity contribution in [1.82, 2.24) is 19.4 Å². The molecule has 32 heavy (non-hydrogen) atoms. The molecule has 0 saturated heterocycles. The van der Waals surface area contributed by atoms with E-state index in [1.807, 2.05) is 18.2 Å². The molecule has 7 nitrogen and oxygen atoms in total. The molecule has 1 N–H and O–H groups in total. The number of benzene rings is 2. The van der Waals surface area contributed by atoms with Gasteiger partial charge in [0, 0.05) is 19.1 Å². The Morgan fingerprint density at radius 2 is 1.59 bits per heavy atom. The van der Waals surface area contributed by atoms with E-state index in [1.165, 1.54) is 14.7 Å². The summed E-state index contributed by atoms with van der Waals surface area (Å²) in [6.07, 6.45) is 0.826. The highest BCUT2D eigenvalue weighted by atomic mass is 16.2. The molecule has 1 unspecified atom stereocenters. The fourth-order valence-corrected chi connectivity index (χ4v) is 4.19. The zero-order valence-corrected chi connectivity index (χ0v) is 19.1. The zero-order valence-electron chi connectivity index (χ0n) is 19.1. The predicted molar refractivity (Wildman–Crippen MR) is 128 cm³/mol. The highest BCUT2D eigenvalue weighted by Crippen LogP contribution is 2.10. The monoisotopic (exact) mass is 436 g/mol. The lowest BCUT2D eigenvalue weighted by molar-refractivity contribution is -0.121. The Morgan fingerprint density at radius 3 is 2.25 bits per heavy atom. The Labute approximate surface area is 188 Å². The first-order valence-electron chi connectivity index (χ1n) is 11.3. The third-order valence-corrected chi connectivity index (χ3v) is 5.93. The summed E-state index contributed by atoms with van der Waals surface area (Å²) in [5.41, 5.74) is 0.910. The molecule has 170 valence electrons.